The van der Waals surface area contributed by atoms with Gasteiger partial charge in [0, 0.05) is 12.1 Å². The maximum absolute atomic E-state index is 13.3. The molecule has 0 aliphatic rings. The quantitative estimate of drug-likeness (QED) is 0.610. The lowest BCUT2D eigenvalue weighted by molar-refractivity contribution is -0.143. The summed E-state index contributed by atoms with van der Waals surface area (Å²) in [5.74, 6) is -0.917. The Morgan fingerprint density at radius 2 is 1.68 bits per heavy atom. The Balaban J connectivity index is 3.30. The zero-order chi connectivity index (χ0) is 24.0. The zero-order valence-corrected chi connectivity index (χ0v) is 19.9. The molecule has 2 atom stereocenters. The Hall–Kier alpha value is -2.61. The van der Waals surface area contributed by atoms with Crippen LogP contribution in [0.1, 0.15) is 65.6 Å². The van der Waals surface area contributed by atoms with Gasteiger partial charge in [-0.1, -0.05) is 24.3 Å². The van der Waals surface area contributed by atoms with Gasteiger partial charge in [0.1, 0.15) is 17.7 Å². The topological polar surface area (TPSA) is 108 Å². The number of amides is 3. The zero-order valence-electron chi connectivity index (χ0n) is 19.9. The molecular formula is C23H37N3O5. The molecule has 174 valence electrons. The van der Waals surface area contributed by atoms with E-state index in [4.69, 9.17) is 4.74 Å². The fourth-order valence-electron chi connectivity index (χ4n) is 3.08. The lowest BCUT2D eigenvalue weighted by atomic mass is 9.97. The van der Waals surface area contributed by atoms with Crippen molar-refractivity contribution >= 4 is 17.9 Å². The number of ether oxygens (including phenoxy) is 1. The first-order chi connectivity index (χ1) is 14.2. The second-order valence-corrected chi connectivity index (χ2v) is 9.50. The van der Waals surface area contributed by atoms with Gasteiger partial charge in [-0.15, -0.1) is 0 Å². The largest absolute Gasteiger partial charge is 0.444 e. The van der Waals surface area contributed by atoms with E-state index in [-0.39, 0.29) is 12.5 Å². The Morgan fingerprint density at radius 3 is 2.13 bits per heavy atom. The van der Waals surface area contributed by atoms with Crippen molar-refractivity contribution in [1.82, 2.24) is 15.5 Å². The number of likely N-dealkylation sites (N-methyl/N-ethyl adjacent to an activating group) is 1. The molecule has 0 spiro atoms. The van der Waals surface area contributed by atoms with Crippen molar-refractivity contribution in [2.75, 3.05) is 13.2 Å². The predicted octanol–water partition coefficient (Wildman–Crippen LogP) is 2.68. The van der Waals surface area contributed by atoms with E-state index < -0.39 is 41.8 Å². The summed E-state index contributed by atoms with van der Waals surface area (Å²) in [4.78, 5) is 40.1. The molecule has 0 heterocycles. The third kappa shape index (κ3) is 8.20. The highest BCUT2D eigenvalue weighted by Crippen LogP contribution is 2.26. The molecule has 8 heteroatoms. The number of carbonyl (C=O) groups excluding carboxylic acids is 3. The first kappa shape index (κ1) is 26.4. The number of aliphatic hydroxyl groups excluding tert-OH is 1. The van der Waals surface area contributed by atoms with Gasteiger partial charge in [-0.2, -0.15) is 0 Å². The van der Waals surface area contributed by atoms with E-state index in [0.29, 0.717) is 5.56 Å². The van der Waals surface area contributed by atoms with E-state index in [0.717, 1.165) is 5.56 Å². The smallest absolute Gasteiger partial charge is 0.408 e. The van der Waals surface area contributed by atoms with E-state index in [1.54, 1.807) is 39.8 Å². The number of rotatable bonds is 7. The second-order valence-electron chi connectivity index (χ2n) is 9.50. The molecule has 0 radical (unpaired) electrons. The summed E-state index contributed by atoms with van der Waals surface area (Å²) in [6, 6.07) is 5.16. The maximum Gasteiger partial charge on any atom is 0.408 e. The first-order valence-corrected chi connectivity index (χ1v) is 10.5. The van der Waals surface area contributed by atoms with Crippen molar-refractivity contribution in [2.45, 2.75) is 78.6 Å². The molecule has 2 unspecified atom stereocenters. The van der Waals surface area contributed by atoms with E-state index in [1.807, 2.05) is 39.8 Å². The van der Waals surface area contributed by atoms with Crippen molar-refractivity contribution < 1.29 is 24.2 Å². The summed E-state index contributed by atoms with van der Waals surface area (Å²) in [5.41, 5.74) is 0.260. The average molecular weight is 436 g/mol. The summed E-state index contributed by atoms with van der Waals surface area (Å²) in [7, 11) is 0. The van der Waals surface area contributed by atoms with E-state index >= 15 is 0 Å². The molecule has 0 saturated heterocycles. The molecule has 0 aromatic heterocycles. The third-order valence-corrected chi connectivity index (χ3v) is 4.34. The number of benzene rings is 1. The molecule has 0 fully saturated rings. The summed E-state index contributed by atoms with van der Waals surface area (Å²) >= 11 is 0. The fraction of sp³-hybridized carbons (Fsp3) is 0.609. The Morgan fingerprint density at radius 1 is 1.10 bits per heavy atom. The number of hydrogen-bond donors (Lipinski definition) is 3. The van der Waals surface area contributed by atoms with Crippen LogP contribution in [0.25, 0.3) is 0 Å². The van der Waals surface area contributed by atoms with Crippen molar-refractivity contribution in [3.05, 3.63) is 35.4 Å². The van der Waals surface area contributed by atoms with Crippen LogP contribution in [-0.2, 0) is 14.3 Å². The van der Waals surface area contributed by atoms with Crippen LogP contribution in [0.4, 0.5) is 4.79 Å². The van der Waals surface area contributed by atoms with Gasteiger partial charge in [-0.25, -0.2) is 4.79 Å². The normalized spacial score (nSPS) is 13.7. The van der Waals surface area contributed by atoms with Gasteiger partial charge in [0.25, 0.3) is 0 Å². The molecule has 0 aliphatic heterocycles. The van der Waals surface area contributed by atoms with Crippen LogP contribution in [-0.4, -0.2) is 58.2 Å². The van der Waals surface area contributed by atoms with Crippen LogP contribution in [0.15, 0.2) is 24.3 Å². The molecule has 31 heavy (non-hydrogen) atoms. The molecule has 0 bridgehead atoms. The molecule has 3 N–H and O–H groups in total. The number of hydrogen-bond acceptors (Lipinski definition) is 5. The van der Waals surface area contributed by atoms with Gasteiger partial charge in [-0.3, -0.25) is 9.59 Å². The monoisotopic (exact) mass is 435 g/mol. The molecule has 0 aliphatic carbocycles. The Kier molecular flexibility index (Phi) is 9.05. The van der Waals surface area contributed by atoms with Crippen LogP contribution < -0.4 is 10.6 Å². The standard InChI is InChI=1S/C23H37N3O5/c1-9-26(20(29)17(14-27)24-21(30)31-23(6,7)8)18(19(28)25-22(3,4)5)16-13-11-10-12-15(16)2/h10-13,17-18,27H,9,14H2,1-8H3,(H,24,30)(H,25,28). The van der Waals surface area contributed by atoms with Gasteiger partial charge in [0.15, 0.2) is 0 Å². The number of aliphatic hydroxyl groups is 1. The predicted molar refractivity (Wildman–Crippen MR) is 119 cm³/mol. The number of carbonyl (C=O) groups is 3. The second kappa shape index (κ2) is 10.6. The highest BCUT2D eigenvalue weighted by Gasteiger charge is 2.36. The van der Waals surface area contributed by atoms with E-state index in [2.05, 4.69) is 10.6 Å². The van der Waals surface area contributed by atoms with Crippen LogP contribution >= 0.6 is 0 Å². The van der Waals surface area contributed by atoms with E-state index in [1.165, 1.54) is 4.90 Å². The first-order valence-electron chi connectivity index (χ1n) is 10.5. The molecule has 1 aromatic rings. The summed E-state index contributed by atoms with van der Waals surface area (Å²) in [6.45, 7) is 13.9. The molecule has 3 amide bonds. The Bertz CT molecular complexity index is 780. The van der Waals surface area contributed by atoms with Gasteiger partial charge >= 0.3 is 6.09 Å². The number of nitrogens with zero attached hydrogens (tertiary/aromatic N) is 1. The Labute approximate surface area is 185 Å². The van der Waals surface area contributed by atoms with E-state index in [9.17, 15) is 19.5 Å². The van der Waals surface area contributed by atoms with Crippen molar-refractivity contribution in [3.63, 3.8) is 0 Å². The molecule has 0 saturated carbocycles. The van der Waals surface area contributed by atoms with Crippen LogP contribution in [0, 0.1) is 6.92 Å². The van der Waals surface area contributed by atoms with Gasteiger partial charge in [-0.05, 0) is 66.5 Å². The molecule has 8 nitrogen and oxygen atoms in total. The average Bonchev–Trinajstić information content (AvgIpc) is 2.61. The highest BCUT2D eigenvalue weighted by molar-refractivity contribution is 5.92. The van der Waals surface area contributed by atoms with Crippen LogP contribution in [0.5, 0.6) is 0 Å². The van der Waals surface area contributed by atoms with Crippen molar-refractivity contribution in [1.29, 1.82) is 0 Å². The van der Waals surface area contributed by atoms with Crippen molar-refractivity contribution in [3.8, 4) is 0 Å². The van der Waals surface area contributed by atoms with Gasteiger partial charge < -0.3 is 25.4 Å². The fourth-order valence-corrected chi connectivity index (χ4v) is 3.08. The number of alkyl carbamates (subject to hydrolysis) is 1. The SMILES string of the molecule is CCN(C(=O)C(CO)NC(=O)OC(C)(C)C)C(C(=O)NC(C)(C)C)c1ccccc1C. The minimum atomic E-state index is -1.25. The summed E-state index contributed by atoms with van der Waals surface area (Å²) in [6.07, 6.45) is -0.817. The summed E-state index contributed by atoms with van der Waals surface area (Å²) in [5, 5.41) is 15.1. The number of nitrogens with one attached hydrogen (secondary N) is 2. The summed E-state index contributed by atoms with van der Waals surface area (Å²) < 4.78 is 5.20. The molecular weight excluding hydrogens is 398 g/mol. The molecule has 1 rings (SSSR count). The lowest BCUT2D eigenvalue weighted by Gasteiger charge is -2.35. The third-order valence-electron chi connectivity index (χ3n) is 4.34. The van der Waals surface area contributed by atoms with Gasteiger partial charge in [0.2, 0.25) is 11.8 Å². The number of aryl methyl sites for hydroxylation is 1. The van der Waals surface area contributed by atoms with Gasteiger partial charge in [0.05, 0.1) is 6.61 Å². The molecule has 1 aromatic carbocycles. The maximum atomic E-state index is 13.3. The lowest BCUT2D eigenvalue weighted by Crippen LogP contribution is -2.55. The van der Waals surface area contributed by atoms with Crippen LogP contribution in [0.3, 0.4) is 0 Å². The van der Waals surface area contributed by atoms with Crippen molar-refractivity contribution in [2.24, 2.45) is 0 Å². The highest BCUT2D eigenvalue weighted by atomic mass is 16.6. The minimum absolute atomic E-state index is 0.196. The minimum Gasteiger partial charge on any atom is -0.444 e. The van der Waals surface area contributed by atoms with Crippen LogP contribution in [0.2, 0.25) is 0 Å².